The number of likely N-dealkylation sites (N-methyl/N-ethyl adjacent to an activating group) is 2. The molecule has 9 heteroatoms. The summed E-state index contributed by atoms with van der Waals surface area (Å²) in [6.07, 6.45) is -0.958. The molecule has 0 aliphatic heterocycles. The van der Waals surface area contributed by atoms with Crippen LogP contribution < -0.4 is 0 Å². The van der Waals surface area contributed by atoms with Gasteiger partial charge in [-0.3, -0.25) is 14.4 Å². The first-order chi connectivity index (χ1) is 11.8. The van der Waals surface area contributed by atoms with Crippen LogP contribution in [0, 0.1) is 5.41 Å². The first-order valence-electron chi connectivity index (χ1n) is 8.37. The molecule has 0 aliphatic carbocycles. The minimum atomic E-state index is -1.34. The molecule has 0 saturated carbocycles. The average Bonchev–Trinajstić information content (AvgIpc) is 2.49. The van der Waals surface area contributed by atoms with Gasteiger partial charge < -0.3 is 24.7 Å². The molecule has 9 nitrogen and oxygen atoms in total. The van der Waals surface area contributed by atoms with E-state index in [4.69, 9.17) is 9.84 Å². The Bertz CT molecular complexity index is 514. The molecule has 0 aliphatic rings. The SMILES string of the molecule is CN(CCOCC(C)(C)C)C(=O)CCC(C(=O)O)N(C)C(=O)CC(=O)O. The molecule has 0 fully saturated rings. The van der Waals surface area contributed by atoms with Gasteiger partial charge in [0.05, 0.1) is 13.2 Å². The molecule has 0 aromatic rings. The van der Waals surface area contributed by atoms with E-state index >= 15 is 0 Å². The Kier molecular flexibility index (Phi) is 9.85. The van der Waals surface area contributed by atoms with Gasteiger partial charge in [0.25, 0.3) is 0 Å². The third-order valence-corrected chi connectivity index (χ3v) is 3.61. The van der Waals surface area contributed by atoms with E-state index < -0.39 is 30.3 Å². The Hall–Kier alpha value is -2.16. The Balaban J connectivity index is 4.46. The van der Waals surface area contributed by atoms with Crippen molar-refractivity contribution in [2.45, 2.75) is 46.1 Å². The lowest BCUT2D eigenvalue weighted by atomic mass is 9.99. The van der Waals surface area contributed by atoms with Crippen LogP contribution in [0.2, 0.25) is 0 Å². The highest BCUT2D eigenvalue weighted by Gasteiger charge is 2.28. The highest BCUT2D eigenvalue weighted by Crippen LogP contribution is 2.13. The molecule has 0 saturated heterocycles. The predicted octanol–water partition coefficient (Wildman–Crippen LogP) is 0.674. The van der Waals surface area contributed by atoms with E-state index in [-0.39, 0.29) is 24.2 Å². The number of hydrogen-bond donors (Lipinski definition) is 2. The fourth-order valence-electron chi connectivity index (χ4n) is 2.07. The molecule has 0 radical (unpaired) electrons. The number of carbonyl (C=O) groups is 4. The maximum absolute atomic E-state index is 12.1. The standard InChI is InChI=1S/C17H30N2O7/c1-17(2,3)11-26-9-8-18(4)13(20)7-6-12(16(24)25)19(5)14(21)10-15(22)23/h12H,6-11H2,1-5H3,(H,22,23)(H,24,25). The summed E-state index contributed by atoms with van der Waals surface area (Å²) in [5.41, 5.74) is 0.0321. The molecule has 1 unspecified atom stereocenters. The molecule has 150 valence electrons. The van der Waals surface area contributed by atoms with Gasteiger partial charge in [-0.25, -0.2) is 4.79 Å². The lowest BCUT2D eigenvalue weighted by molar-refractivity contribution is -0.153. The van der Waals surface area contributed by atoms with Crippen molar-refractivity contribution in [2.24, 2.45) is 5.41 Å². The topological polar surface area (TPSA) is 124 Å². The van der Waals surface area contributed by atoms with Crippen molar-refractivity contribution in [3.8, 4) is 0 Å². The molecule has 26 heavy (non-hydrogen) atoms. The summed E-state index contributed by atoms with van der Waals surface area (Å²) in [4.78, 5) is 48.0. The number of amides is 2. The van der Waals surface area contributed by atoms with Crippen LogP contribution in [0.1, 0.15) is 40.0 Å². The molecule has 1 atom stereocenters. The van der Waals surface area contributed by atoms with E-state index in [9.17, 15) is 24.3 Å². The normalized spacial score (nSPS) is 12.3. The van der Waals surface area contributed by atoms with Gasteiger partial charge in [-0.15, -0.1) is 0 Å². The third kappa shape index (κ3) is 9.97. The fourth-order valence-corrected chi connectivity index (χ4v) is 2.07. The monoisotopic (exact) mass is 374 g/mol. The van der Waals surface area contributed by atoms with E-state index in [0.29, 0.717) is 19.8 Å². The van der Waals surface area contributed by atoms with Crippen molar-refractivity contribution >= 4 is 23.8 Å². The Morgan fingerprint density at radius 1 is 1.04 bits per heavy atom. The number of hydrogen-bond acceptors (Lipinski definition) is 5. The lowest BCUT2D eigenvalue weighted by Gasteiger charge is -2.25. The average molecular weight is 374 g/mol. The van der Waals surface area contributed by atoms with Crippen LogP contribution in [0.25, 0.3) is 0 Å². The largest absolute Gasteiger partial charge is 0.481 e. The molecule has 0 aromatic carbocycles. The van der Waals surface area contributed by atoms with E-state index in [1.165, 1.54) is 11.9 Å². The zero-order valence-corrected chi connectivity index (χ0v) is 16.2. The van der Waals surface area contributed by atoms with Gasteiger partial charge in [-0.2, -0.15) is 0 Å². The van der Waals surface area contributed by atoms with Crippen molar-refractivity contribution in [3.63, 3.8) is 0 Å². The van der Waals surface area contributed by atoms with Gasteiger partial charge in [-0.1, -0.05) is 20.8 Å². The summed E-state index contributed by atoms with van der Waals surface area (Å²) in [6.45, 7) is 7.42. The molecular formula is C17H30N2O7. The van der Waals surface area contributed by atoms with Crippen molar-refractivity contribution in [2.75, 3.05) is 33.9 Å². The van der Waals surface area contributed by atoms with Crippen LogP contribution in [0.4, 0.5) is 0 Å². The van der Waals surface area contributed by atoms with Crippen molar-refractivity contribution in [3.05, 3.63) is 0 Å². The van der Waals surface area contributed by atoms with Gasteiger partial charge in [0.15, 0.2) is 0 Å². The van der Waals surface area contributed by atoms with Crippen LogP contribution in [0.3, 0.4) is 0 Å². The summed E-state index contributed by atoms with van der Waals surface area (Å²) in [7, 11) is 2.82. The van der Waals surface area contributed by atoms with Crippen LogP contribution in [0.5, 0.6) is 0 Å². The van der Waals surface area contributed by atoms with Crippen molar-refractivity contribution < 1.29 is 34.1 Å². The second-order valence-corrected chi connectivity index (χ2v) is 7.40. The molecule has 0 spiro atoms. The second kappa shape index (κ2) is 10.7. The molecular weight excluding hydrogens is 344 g/mol. The van der Waals surface area contributed by atoms with Crippen LogP contribution in [0.15, 0.2) is 0 Å². The van der Waals surface area contributed by atoms with Gasteiger partial charge in [-0.05, 0) is 11.8 Å². The van der Waals surface area contributed by atoms with E-state index in [2.05, 4.69) is 0 Å². The van der Waals surface area contributed by atoms with Crippen molar-refractivity contribution in [1.29, 1.82) is 0 Å². The van der Waals surface area contributed by atoms with Crippen molar-refractivity contribution in [1.82, 2.24) is 9.80 Å². The molecule has 0 rings (SSSR count). The maximum atomic E-state index is 12.1. The Morgan fingerprint density at radius 3 is 2.08 bits per heavy atom. The summed E-state index contributed by atoms with van der Waals surface area (Å²) < 4.78 is 5.49. The molecule has 2 N–H and O–H groups in total. The predicted molar refractivity (Wildman–Crippen MR) is 93.6 cm³/mol. The smallest absolute Gasteiger partial charge is 0.326 e. The zero-order valence-electron chi connectivity index (χ0n) is 16.2. The van der Waals surface area contributed by atoms with Crippen LogP contribution >= 0.6 is 0 Å². The minimum Gasteiger partial charge on any atom is -0.481 e. The molecule has 2 amide bonds. The number of aliphatic carboxylic acids is 2. The van der Waals surface area contributed by atoms with Gasteiger partial charge >= 0.3 is 11.9 Å². The number of rotatable bonds is 11. The van der Waals surface area contributed by atoms with Crippen LogP contribution in [-0.4, -0.2) is 83.7 Å². The van der Waals surface area contributed by atoms with Gasteiger partial charge in [0.2, 0.25) is 11.8 Å². The summed E-state index contributed by atoms with van der Waals surface area (Å²) in [5, 5.41) is 17.9. The summed E-state index contributed by atoms with van der Waals surface area (Å²) >= 11 is 0. The second-order valence-electron chi connectivity index (χ2n) is 7.40. The van der Waals surface area contributed by atoms with Crippen LogP contribution in [-0.2, 0) is 23.9 Å². The number of carboxylic acid groups (broad SMARTS) is 2. The van der Waals surface area contributed by atoms with Gasteiger partial charge in [0, 0.05) is 27.1 Å². The fraction of sp³-hybridized carbons (Fsp3) is 0.765. The molecule has 0 bridgehead atoms. The lowest BCUT2D eigenvalue weighted by Crippen LogP contribution is -2.44. The number of carbonyl (C=O) groups excluding carboxylic acids is 2. The molecule has 0 aromatic heterocycles. The third-order valence-electron chi connectivity index (χ3n) is 3.61. The van der Waals surface area contributed by atoms with E-state index in [1.807, 2.05) is 20.8 Å². The highest BCUT2D eigenvalue weighted by atomic mass is 16.5. The first-order valence-corrected chi connectivity index (χ1v) is 8.37. The van der Waals surface area contributed by atoms with E-state index in [0.717, 1.165) is 4.90 Å². The quantitative estimate of drug-likeness (QED) is 0.402. The Morgan fingerprint density at radius 2 is 1.62 bits per heavy atom. The zero-order chi connectivity index (χ0) is 20.5. The number of ether oxygens (including phenoxy) is 1. The molecule has 0 heterocycles. The van der Waals surface area contributed by atoms with Gasteiger partial charge in [0.1, 0.15) is 12.5 Å². The summed E-state index contributed by atoms with van der Waals surface area (Å²) in [5.74, 6) is -3.71. The number of nitrogens with zero attached hydrogens (tertiary/aromatic N) is 2. The maximum Gasteiger partial charge on any atom is 0.326 e. The highest BCUT2D eigenvalue weighted by molar-refractivity contribution is 5.95. The Labute approximate surface area is 153 Å². The summed E-state index contributed by atoms with van der Waals surface area (Å²) in [6, 6.07) is -1.25. The minimum absolute atomic E-state index is 0.0321. The van der Waals surface area contributed by atoms with E-state index in [1.54, 1.807) is 7.05 Å². The number of carboxylic acids is 2. The first kappa shape index (κ1) is 23.8.